The second-order valence-corrected chi connectivity index (χ2v) is 6.65. The normalized spacial score (nSPS) is 15.9. The maximum absolute atomic E-state index is 11.6. The fourth-order valence-corrected chi connectivity index (χ4v) is 3.28. The van der Waals surface area contributed by atoms with Gasteiger partial charge in [-0.2, -0.15) is 0 Å². The lowest BCUT2D eigenvalue weighted by atomic mass is 10.1. The Kier molecular flexibility index (Phi) is 5.35. The van der Waals surface area contributed by atoms with Crippen molar-refractivity contribution in [2.45, 2.75) is 50.5 Å². The van der Waals surface area contributed by atoms with Crippen LogP contribution in [0.4, 0.5) is 5.69 Å². The monoisotopic (exact) mass is 293 g/mol. The van der Waals surface area contributed by atoms with Gasteiger partial charge in [0, 0.05) is 10.9 Å². The van der Waals surface area contributed by atoms with E-state index in [0.717, 1.165) is 35.1 Å². The number of rotatable bonds is 8. The average molecular weight is 293 g/mol. The predicted octanol–water partition coefficient (Wildman–Crippen LogP) is 4.49. The van der Waals surface area contributed by atoms with Gasteiger partial charge in [0.1, 0.15) is 0 Å². The van der Waals surface area contributed by atoms with Crippen LogP contribution in [-0.2, 0) is 0 Å². The summed E-state index contributed by atoms with van der Waals surface area (Å²) in [5, 5.41) is 13.0. The Bertz CT molecular complexity index is 472. The molecule has 0 saturated heterocycles. The van der Waals surface area contributed by atoms with Crippen LogP contribution in [0.15, 0.2) is 23.1 Å². The number of anilines is 1. The van der Waals surface area contributed by atoms with Crippen LogP contribution in [0, 0.1) is 5.92 Å². The fourth-order valence-electron chi connectivity index (χ4n) is 2.45. The van der Waals surface area contributed by atoms with Gasteiger partial charge in [-0.3, -0.25) is 0 Å². The lowest BCUT2D eigenvalue weighted by Crippen LogP contribution is -2.21. The number of carbonyl (C=O) groups is 1. The van der Waals surface area contributed by atoms with Crippen LogP contribution in [0.2, 0.25) is 0 Å². The van der Waals surface area contributed by atoms with Crippen LogP contribution >= 0.6 is 11.8 Å². The van der Waals surface area contributed by atoms with Crippen molar-refractivity contribution in [2.75, 3.05) is 11.1 Å². The molecule has 110 valence electrons. The summed E-state index contributed by atoms with van der Waals surface area (Å²) in [7, 11) is 0. The van der Waals surface area contributed by atoms with E-state index in [1.54, 1.807) is 11.8 Å². The summed E-state index contributed by atoms with van der Waals surface area (Å²) in [6.07, 6.45) is 4.84. The van der Waals surface area contributed by atoms with E-state index < -0.39 is 5.97 Å². The molecule has 1 aliphatic carbocycles. The van der Waals surface area contributed by atoms with Gasteiger partial charge in [-0.25, -0.2) is 4.79 Å². The molecule has 20 heavy (non-hydrogen) atoms. The molecular weight excluding hydrogens is 270 g/mol. The topological polar surface area (TPSA) is 49.3 Å². The van der Waals surface area contributed by atoms with Gasteiger partial charge in [0.15, 0.2) is 0 Å². The molecule has 1 aromatic carbocycles. The Labute approximate surface area is 125 Å². The maximum atomic E-state index is 11.6. The summed E-state index contributed by atoms with van der Waals surface area (Å²) < 4.78 is 0. The van der Waals surface area contributed by atoms with Crippen LogP contribution < -0.4 is 5.32 Å². The Morgan fingerprint density at radius 3 is 2.75 bits per heavy atom. The first-order chi connectivity index (χ1) is 9.65. The number of thioether (sulfide) groups is 1. The molecule has 0 bridgehead atoms. The van der Waals surface area contributed by atoms with E-state index in [1.165, 1.54) is 12.8 Å². The van der Waals surface area contributed by atoms with E-state index in [9.17, 15) is 9.90 Å². The minimum Gasteiger partial charge on any atom is -0.478 e. The SMILES string of the molecule is CCSc1cccc(NC(CC)CC2CC2)c1C(=O)O. The van der Waals surface area contributed by atoms with Gasteiger partial charge in [0.05, 0.1) is 11.3 Å². The van der Waals surface area contributed by atoms with E-state index in [4.69, 9.17) is 0 Å². The second kappa shape index (κ2) is 7.02. The lowest BCUT2D eigenvalue weighted by molar-refractivity contribution is 0.0694. The van der Waals surface area contributed by atoms with Crippen LogP contribution in [0.1, 0.15) is 49.9 Å². The van der Waals surface area contributed by atoms with E-state index in [2.05, 4.69) is 12.2 Å². The number of carboxylic acids is 1. The van der Waals surface area contributed by atoms with Gasteiger partial charge in [0.25, 0.3) is 0 Å². The third-order valence-corrected chi connectivity index (χ3v) is 4.65. The molecule has 0 aromatic heterocycles. The number of aromatic carboxylic acids is 1. The van der Waals surface area contributed by atoms with Crippen molar-refractivity contribution >= 4 is 23.4 Å². The largest absolute Gasteiger partial charge is 0.478 e. The predicted molar refractivity (Wildman–Crippen MR) is 84.8 cm³/mol. The highest BCUT2D eigenvalue weighted by molar-refractivity contribution is 7.99. The number of benzene rings is 1. The molecule has 0 spiro atoms. The molecule has 0 amide bonds. The first-order valence-electron chi connectivity index (χ1n) is 7.41. The van der Waals surface area contributed by atoms with Crippen LogP contribution in [0.5, 0.6) is 0 Å². The standard InChI is InChI=1S/C16H23NO2S/c1-3-12(10-11-8-9-11)17-13-6-5-7-14(20-4-2)15(13)16(18)19/h5-7,11-12,17H,3-4,8-10H2,1-2H3,(H,18,19). The summed E-state index contributed by atoms with van der Waals surface area (Å²) in [4.78, 5) is 12.4. The number of nitrogens with one attached hydrogen (secondary N) is 1. The van der Waals surface area contributed by atoms with Crippen molar-refractivity contribution in [2.24, 2.45) is 5.92 Å². The van der Waals surface area contributed by atoms with Crippen molar-refractivity contribution in [3.05, 3.63) is 23.8 Å². The molecule has 2 rings (SSSR count). The summed E-state index contributed by atoms with van der Waals surface area (Å²) in [6.45, 7) is 4.20. The summed E-state index contributed by atoms with van der Waals surface area (Å²) in [5.41, 5.74) is 1.19. The number of hydrogen-bond acceptors (Lipinski definition) is 3. The van der Waals surface area contributed by atoms with Crippen LogP contribution in [0.3, 0.4) is 0 Å². The third kappa shape index (κ3) is 3.92. The molecule has 4 heteroatoms. The zero-order valence-electron chi connectivity index (χ0n) is 12.2. The quantitative estimate of drug-likeness (QED) is 0.693. The zero-order chi connectivity index (χ0) is 14.5. The van der Waals surface area contributed by atoms with Gasteiger partial charge >= 0.3 is 5.97 Å². The number of hydrogen-bond donors (Lipinski definition) is 2. The highest BCUT2D eigenvalue weighted by Crippen LogP contribution is 2.36. The van der Waals surface area contributed by atoms with Crippen molar-refractivity contribution in [1.29, 1.82) is 0 Å². The van der Waals surface area contributed by atoms with Crippen molar-refractivity contribution in [3.63, 3.8) is 0 Å². The minimum atomic E-state index is -0.842. The molecule has 0 radical (unpaired) electrons. The molecule has 1 atom stereocenters. The summed E-state index contributed by atoms with van der Waals surface area (Å²) in [6, 6.07) is 6.10. The first kappa shape index (κ1) is 15.2. The second-order valence-electron chi connectivity index (χ2n) is 5.35. The highest BCUT2D eigenvalue weighted by Gasteiger charge is 2.25. The summed E-state index contributed by atoms with van der Waals surface area (Å²) >= 11 is 1.58. The zero-order valence-corrected chi connectivity index (χ0v) is 13.0. The Balaban J connectivity index is 2.19. The average Bonchev–Trinajstić information content (AvgIpc) is 3.22. The maximum Gasteiger partial charge on any atom is 0.338 e. The molecule has 3 nitrogen and oxygen atoms in total. The lowest BCUT2D eigenvalue weighted by Gasteiger charge is -2.20. The van der Waals surface area contributed by atoms with Gasteiger partial charge < -0.3 is 10.4 Å². The molecule has 2 N–H and O–H groups in total. The van der Waals surface area contributed by atoms with Crippen molar-refractivity contribution in [3.8, 4) is 0 Å². The van der Waals surface area contributed by atoms with Crippen molar-refractivity contribution in [1.82, 2.24) is 0 Å². The molecule has 1 fully saturated rings. The fraction of sp³-hybridized carbons (Fsp3) is 0.562. The molecule has 1 aliphatic rings. The Morgan fingerprint density at radius 1 is 1.45 bits per heavy atom. The molecule has 1 saturated carbocycles. The third-order valence-electron chi connectivity index (χ3n) is 3.71. The number of carboxylic acid groups (broad SMARTS) is 1. The van der Waals surface area contributed by atoms with Gasteiger partial charge in [0.2, 0.25) is 0 Å². The van der Waals surface area contributed by atoms with Crippen LogP contribution in [-0.4, -0.2) is 22.9 Å². The smallest absolute Gasteiger partial charge is 0.338 e. The summed E-state index contributed by atoms with van der Waals surface area (Å²) in [5.74, 6) is 0.877. The highest BCUT2D eigenvalue weighted by atomic mass is 32.2. The minimum absolute atomic E-state index is 0.377. The Morgan fingerprint density at radius 2 is 2.20 bits per heavy atom. The van der Waals surface area contributed by atoms with Gasteiger partial charge in [-0.05, 0) is 36.6 Å². The van der Waals surface area contributed by atoms with Crippen molar-refractivity contribution < 1.29 is 9.90 Å². The van der Waals surface area contributed by atoms with E-state index in [-0.39, 0.29) is 0 Å². The molecule has 0 aliphatic heterocycles. The van der Waals surface area contributed by atoms with Gasteiger partial charge in [-0.15, -0.1) is 11.8 Å². The van der Waals surface area contributed by atoms with Gasteiger partial charge in [-0.1, -0.05) is 32.8 Å². The van der Waals surface area contributed by atoms with E-state index >= 15 is 0 Å². The first-order valence-corrected chi connectivity index (χ1v) is 8.39. The molecular formula is C16H23NO2S. The van der Waals surface area contributed by atoms with E-state index in [0.29, 0.717) is 11.6 Å². The van der Waals surface area contributed by atoms with E-state index in [1.807, 2.05) is 25.1 Å². The Hall–Kier alpha value is -1.16. The molecule has 0 heterocycles. The van der Waals surface area contributed by atoms with Crippen LogP contribution in [0.25, 0.3) is 0 Å². The molecule has 1 aromatic rings. The molecule has 1 unspecified atom stereocenters.